The molecular formula is C20H20N6O2. The van der Waals surface area contributed by atoms with Crippen molar-refractivity contribution in [3.63, 3.8) is 0 Å². The SMILES string of the molecule is O=c1ccc(-c2cccnc2)nn1C1COCC1Nc1nccnc1C1CC1. The molecule has 0 spiro atoms. The molecular weight excluding hydrogens is 356 g/mol. The molecule has 0 aromatic carbocycles. The van der Waals surface area contributed by atoms with E-state index in [2.05, 4.69) is 25.4 Å². The molecule has 28 heavy (non-hydrogen) atoms. The molecule has 2 aliphatic rings. The van der Waals surface area contributed by atoms with E-state index in [0.29, 0.717) is 24.8 Å². The average molecular weight is 376 g/mol. The standard InChI is InChI=1S/C20H20N6O2/c27-18-6-5-15(14-2-1-7-21-10-14)25-26(18)17-12-28-11-16(17)24-20-19(13-3-4-13)22-8-9-23-20/h1-2,5-10,13,16-17H,3-4,11-12H2,(H,23,24). The van der Waals surface area contributed by atoms with Gasteiger partial charge in [0.1, 0.15) is 11.9 Å². The number of rotatable bonds is 5. The number of hydrogen-bond acceptors (Lipinski definition) is 7. The second-order valence-corrected chi connectivity index (χ2v) is 7.16. The Kier molecular flexibility index (Phi) is 4.32. The van der Waals surface area contributed by atoms with Crippen molar-refractivity contribution in [2.75, 3.05) is 18.5 Å². The quantitative estimate of drug-likeness (QED) is 0.728. The fraction of sp³-hybridized carbons (Fsp3) is 0.350. The Bertz CT molecular complexity index is 1030. The molecule has 2 atom stereocenters. The number of nitrogens with one attached hydrogen (secondary N) is 1. The Morgan fingerprint density at radius 2 is 1.96 bits per heavy atom. The fourth-order valence-corrected chi connectivity index (χ4v) is 3.54. The highest BCUT2D eigenvalue weighted by Gasteiger charge is 2.34. The number of aromatic nitrogens is 5. The second kappa shape index (κ2) is 7.12. The summed E-state index contributed by atoms with van der Waals surface area (Å²) in [6.07, 6.45) is 9.15. The molecule has 1 saturated carbocycles. The molecule has 1 N–H and O–H groups in total. The van der Waals surface area contributed by atoms with Crippen LogP contribution in [0.3, 0.4) is 0 Å². The maximum absolute atomic E-state index is 12.5. The van der Waals surface area contributed by atoms with Crippen LogP contribution in [-0.4, -0.2) is 44.0 Å². The van der Waals surface area contributed by atoms with Crippen molar-refractivity contribution >= 4 is 5.82 Å². The average Bonchev–Trinajstić information content (AvgIpc) is 3.49. The topological polar surface area (TPSA) is 94.8 Å². The molecule has 4 heterocycles. The third kappa shape index (κ3) is 3.27. The summed E-state index contributed by atoms with van der Waals surface area (Å²) in [6, 6.07) is 6.71. The maximum Gasteiger partial charge on any atom is 0.267 e. The van der Waals surface area contributed by atoms with E-state index in [1.165, 1.54) is 4.68 Å². The summed E-state index contributed by atoms with van der Waals surface area (Å²) < 4.78 is 7.20. The van der Waals surface area contributed by atoms with Crippen molar-refractivity contribution in [1.82, 2.24) is 24.7 Å². The molecule has 3 aromatic heterocycles. The lowest BCUT2D eigenvalue weighted by atomic mass is 10.1. The van der Waals surface area contributed by atoms with Gasteiger partial charge in [0.2, 0.25) is 0 Å². The van der Waals surface area contributed by atoms with Gasteiger partial charge in [0.05, 0.1) is 30.6 Å². The third-order valence-electron chi connectivity index (χ3n) is 5.16. The minimum atomic E-state index is -0.224. The lowest BCUT2D eigenvalue weighted by Crippen LogP contribution is -2.37. The predicted octanol–water partition coefficient (Wildman–Crippen LogP) is 2.02. The van der Waals surface area contributed by atoms with Crippen LogP contribution in [-0.2, 0) is 4.74 Å². The van der Waals surface area contributed by atoms with Gasteiger partial charge in [-0.15, -0.1) is 0 Å². The number of nitrogens with zero attached hydrogens (tertiary/aromatic N) is 5. The van der Waals surface area contributed by atoms with Crippen LogP contribution in [0.4, 0.5) is 5.82 Å². The summed E-state index contributed by atoms with van der Waals surface area (Å²) in [7, 11) is 0. The molecule has 2 fully saturated rings. The molecule has 1 saturated heterocycles. The van der Waals surface area contributed by atoms with Crippen LogP contribution in [0.2, 0.25) is 0 Å². The zero-order chi connectivity index (χ0) is 18.9. The first-order valence-corrected chi connectivity index (χ1v) is 9.45. The molecule has 3 aromatic rings. The molecule has 0 amide bonds. The zero-order valence-corrected chi connectivity index (χ0v) is 15.2. The van der Waals surface area contributed by atoms with E-state index >= 15 is 0 Å². The first-order valence-electron chi connectivity index (χ1n) is 9.45. The van der Waals surface area contributed by atoms with Gasteiger partial charge in [0.15, 0.2) is 0 Å². The van der Waals surface area contributed by atoms with Gasteiger partial charge in [-0.2, -0.15) is 5.10 Å². The first kappa shape index (κ1) is 17.0. The van der Waals surface area contributed by atoms with Gasteiger partial charge in [0, 0.05) is 42.3 Å². The first-order chi connectivity index (χ1) is 13.8. The zero-order valence-electron chi connectivity index (χ0n) is 15.2. The Morgan fingerprint density at radius 3 is 2.79 bits per heavy atom. The number of ether oxygens (including phenoxy) is 1. The van der Waals surface area contributed by atoms with Gasteiger partial charge >= 0.3 is 0 Å². The molecule has 142 valence electrons. The van der Waals surface area contributed by atoms with Crippen molar-refractivity contribution in [2.45, 2.75) is 30.8 Å². The Balaban J connectivity index is 1.45. The number of anilines is 1. The summed E-state index contributed by atoms with van der Waals surface area (Å²) in [4.78, 5) is 25.6. The van der Waals surface area contributed by atoms with Crippen LogP contribution in [0.5, 0.6) is 0 Å². The predicted molar refractivity (Wildman–Crippen MR) is 103 cm³/mol. The van der Waals surface area contributed by atoms with Crippen LogP contribution in [0.25, 0.3) is 11.3 Å². The molecule has 8 nitrogen and oxygen atoms in total. The summed E-state index contributed by atoms with van der Waals surface area (Å²) >= 11 is 0. The summed E-state index contributed by atoms with van der Waals surface area (Å²) in [5, 5.41) is 8.05. The van der Waals surface area contributed by atoms with Gasteiger partial charge in [0.25, 0.3) is 5.56 Å². The third-order valence-corrected chi connectivity index (χ3v) is 5.16. The molecule has 2 unspecified atom stereocenters. The van der Waals surface area contributed by atoms with E-state index < -0.39 is 0 Å². The van der Waals surface area contributed by atoms with E-state index in [1.807, 2.05) is 12.1 Å². The molecule has 8 heteroatoms. The highest BCUT2D eigenvalue weighted by Crippen LogP contribution is 2.41. The summed E-state index contributed by atoms with van der Waals surface area (Å²) in [5.74, 6) is 1.26. The summed E-state index contributed by atoms with van der Waals surface area (Å²) in [6.45, 7) is 0.899. The molecule has 0 bridgehead atoms. The monoisotopic (exact) mass is 376 g/mol. The van der Waals surface area contributed by atoms with Crippen molar-refractivity contribution in [3.05, 3.63) is 65.1 Å². The van der Waals surface area contributed by atoms with E-state index in [-0.39, 0.29) is 17.6 Å². The van der Waals surface area contributed by atoms with Crippen LogP contribution in [0.15, 0.2) is 53.8 Å². The van der Waals surface area contributed by atoms with Gasteiger partial charge in [-0.1, -0.05) is 0 Å². The van der Waals surface area contributed by atoms with E-state index in [9.17, 15) is 4.79 Å². The van der Waals surface area contributed by atoms with Crippen molar-refractivity contribution < 1.29 is 4.74 Å². The molecule has 1 aliphatic heterocycles. The highest BCUT2D eigenvalue weighted by atomic mass is 16.5. The minimum absolute atomic E-state index is 0.108. The highest BCUT2D eigenvalue weighted by molar-refractivity contribution is 5.56. The van der Waals surface area contributed by atoms with Crippen molar-refractivity contribution in [2.24, 2.45) is 0 Å². The van der Waals surface area contributed by atoms with Crippen molar-refractivity contribution in [1.29, 1.82) is 0 Å². The lowest BCUT2D eigenvalue weighted by Gasteiger charge is -2.22. The number of pyridine rings is 1. The van der Waals surface area contributed by atoms with E-state index in [0.717, 1.165) is 29.9 Å². The second-order valence-electron chi connectivity index (χ2n) is 7.16. The number of hydrogen-bond donors (Lipinski definition) is 1. The maximum atomic E-state index is 12.5. The van der Waals surface area contributed by atoms with Gasteiger partial charge < -0.3 is 10.1 Å². The summed E-state index contributed by atoms with van der Waals surface area (Å²) in [5.41, 5.74) is 2.41. The van der Waals surface area contributed by atoms with Gasteiger partial charge in [-0.3, -0.25) is 14.8 Å². The van der Waals surface area contributed by atoms with E-state index in [4.69, 9.17) is 4.74 Å². The van der Waals surface area contributed by atoms with Gasteiger partial charge in [-0.25, -0.2) is 9.67 Å². The van der Waals surface area contributed by atoms with Crippen LogP contribution < -0.4 is 10.9 Å². The molecule has 0 radical (unpaired) electrons. The minimum Gasteiger partial charge on any atom is -0.377 e. The van der Waals surface area contributed by atoms with Crippen LogP contribution >= 0.6 is 0 Å². The molecule has 5 rings (SSSR count). The van der Waals surface area contributed by atoms with E-state index in [1.54, 1.807) is 36.9 Å². The molecule has 1 aliphatic carbocycles. The Labute approximate surface area is 161 Å². The fourth-order valence-electron chi connectivity index (χ4n) is 3.54. The largest absolute Gasteiger partial charge is 0.377 e. The van der Waals surface area contributed by atoms with Crippen LogP contribution in [0.1, 0.15) is 30.5 Å². The Hall–Kier alpha value is -3.13. The lowest BCUT2D eigenvalue weighted by molar-refractivity contribution is 0.183. The smallest absolute Gasteiger partial charge is 0.267 e. The van der Waals surface area contributed by atoms with Crippen LogP contribution in [0, 0.1) is 0 Å². The van der Waals surface area contributed by atoms with Crippen molar-refractivity contribution in [3.8, 4) is 11.3 Å². The normalized spacial score (nSPS) is 21.6. The van der Waals surface area contributed by atoms with Gasteiger partial charge in [-0.05, 0) is 31.0 Å². The Morgan fingerprint density at radius 1 is 1.07 bits per heavy atom.